The van der Waals surface area contributed by atoms with Crippen LogP contribution in [0.5, 0.6) is 0 Å². The van der Waals surface area contributed by atoms with Crippen LogP contribution in [0, 0.1) is 0 Å². The quantitative estimate of drug-likeness (QED) is 0.0520. The SMILES string of the molecule is O.O=C(O)CCCCCN(CCSC(c1ccccc1)(c1ccccc1)c1ccccc1)CC(=O)NCCSC(c1ccccc1)(c1ccccc1)c1ccccc1.[99Tc]. The van der Waals surface area contributed by atoms with Crippen LogP contribution in [0.3, 0.4) is 0 Å². The van der Waals surface area contributed by atoms with Crippen molar-refractivity contribution in [2.75, 3.05) is 37.7 Å². The van der Waals surface area contributed by atoms with Crippen LogP contribution in [-0.2, 0) is 39.2 Å². The molecule has 0 aromatic heterocycles. The van der Waals surface area contributed by atoms with Crippen LogP contribution < -0.4 is 5.32 Å². The molecule has 0 saturated carbocycles. The minimum Gasteiger partial charge on any atom is -0.481 e. The van der Waals surface area contributed by atoms with Gasteiger partial charge in [0.15, 0.2) is 0 Å². The summed E-state index contributed by atoms with van der Waals surface area (Å²) in [5.74, 6) is 0.722. The Bertz CT molecular complexity index is 1890. The largest absolute Gasteiger partial charge is 0.481 e. The number of amides is 1. The van der Waals surface area contributed by atoms with Gasteiger partial charge in [0.1, 0.15) is 0 Å². The third-order valence-electron chi connectivity index (χ3n) is 10.3. The predicted molar refractivity (Wildman–Crippen MR) is 242 cm³/mol. The maximum Gasteiger partial charge on any atom is 0.303 e. The van der Waals surface area contributed by atoms with Gasteiger partial charge in [-0.1, -0.05) is 188 Å². The molecule has 6 aromatic carbocycles. The molecular formula is C50H54N2O4S2Tc. The normalized spacial score (nSPS) is 11.3. The van der Waals surface area contributed by atoms with E-state index in [1.807, 2.05) is 23.5 Å². The fraction of sp³-hybridized carbons (Fsp3) is 0.240. The Morgan fingerprint density at radius 1 is 0.492 bits per heavy atom. The van der Waals surface area contributed by atoms with Crippen molar-refractivity contribution >= 4 is 35.4 Å². The first kappa shape index (κ1) is 47.2. The van der Waals surface area contributed by atoms with E-state index in [-0.39, 0.29) is 44.5 Å². The zero-order chi connectivity index (χ0) is 39.6. The zero-order valence-corrected chi connectivity index (χ0v) is 36.8. The summed E-state index contributed by atoms with van der Waals surface area (Å²) < 4.78 is -0.893. The van der Waals surface area contributed by atoms with Crippen LogP contribution >= 0.6 is 23.5 Å². The second-order valence-corrected chi connectivity index (χ2v) is 16.7. The second-order valence-electron chi connectivity index (χ2n) is 14.1. The number of carboxylic acid groups (broad SMARTS) is 1. The number of hydrogen-bond acceptors (Lipinski definition) is 5. The van der Waals surface area contributed by atoms with Crippen LogP contribution in [0.4, 0.5) is 0 Å². The average molecular weight is 910 g/mol. The Hall–Kier alpha value is -4.47. The van der Waals surface area contributed by atoms with Crippen LogP contribution in [0.1, 0.15) is 59.1 Å². The number of unbranched alkanes of at least 4 members (excludes halogenated alkanes) is 2. The van der Waals surface area contributed by atoms with E-state index in [1.165, 1.54) is 33.4 Å². The van der Waals surface area contributed by atoms with Gasteiger partial charge < -0.3 is 15.9 Å². The molecule has 9 heteroatoms. The minimum atomic E-state index is -0.768. The van der Waals surface area contributed by atoms with Crippen molar-refractivity contribution < 1.29 is 40.3 Å². The molecule has 0 aliphatic carbocycles. The van der Waals surface area contributed by atoms with E-state index in [0.717, 1.165) is 25.1 Å². The van der Waals surface area contributed by atoms with E-state index in [2.05, 4.69) is 192 Å². The molecule has 6 aromatic rings. The zero-order valence-electron chi connectivity index (χ0n) is 33.3. The fourth-order valence-corrected chi connectivity index (χ4v) is 10.6. The number of benzene rings is 6. The van der Waals surface area contributed by atoms with Gasteiger partial charge in [0.2, 0.25) is 5.91 Å². The number of rotatable bonds is 22. The van der Waals surface area contributed by atoms with Gasteiger partial charge in [-0.2, -0.15) is 0 Å². The molecule has 6 rings (SSSR count). The summed E-state index contributed by atoms with van der Waals surface area (Å²) in [6, 6.07) is 63.9. The molecule has 1 amide bonds. The van der Waals surface area contributed by atoms with Crippen LogP contribution in [0.25, 0.3) is 0 Å². The number of thioether (sulfide) groups is 2. The van der Waals surface area contributed by atoms with Gasteiger partial charge in [-0.15, -0.1) is 23.5 Å². The molecule has 0 aliphatic rings. The van der Waals surface area contributed by atoms with Crippen LogP contribution in [0.15, 0.2) is 182 Å². The molecular weight excluding hydrogens is 856 g/mol. The van der Waals surface area contributed by atoms with Gasteiger partial charge in [0, 0.05) is 51.1 Å². The first-order valence-electron chi connectivity index (χ1n) is 19.8. The van der Waals surface area contributed by atoms with Crippen molar-refractivity contribution in [3.63, 3.8) is 0 Å². The molecule has 0 spiro atoms. The number of hydrogen-bond donors (Lipinski definition) is 2. The van der Waals surface area contributed by atoms with Crippen molar-refractivity contribution in [2.45, 2.75) is 35.2 Å². The van der Waals surface area contributed by atoms with Gasteiger partial charge in [0.25, 0.3) is 0 Å². The van der Waals surface area contributed by atoms with Gasteiger partial charge in [0.05, 0.1) is 16.0 Å². The number of nitrogens with zero attached hydrogens (tertiary/aromatic N) is 1. The number of carbonyl (C=O) groups is 2. The van der Waals surface area contributed by atoms with Crippen molar-refractivity contribution in [3.8, 4) is 0 Å². The standard InChI is InChI=1S/C50H52N2O3S2.H2O.Tc/c53-47(51-35-38-56-49(41-22-8-1-9-23-41,42-24-10-2-11-25-42)43-26-12-3-13-27-43)40-52(36-21-7-20-34-48(54)55)37-39-57-50(44-28-14-4-15-29-44,45-30-16-5-17-31-45)46-32-18-6-19-33-46;;/h1-6,8-19,22-33H,7,20-21,34-40H2,(H,51,53)(H,54,55);1H2;/i;;1+1. The Kier molecular flexibility index (Phi) is 19.7. The molecule has 0 bridgehead atoms. The Morgan fingerprint density at radius 3 is 1.17 bits per heavy atom. The Labute approximate surface area is 371 Å². The van der Waals surface area contributed by atoms with Crippen molar-refractivity contribution in [3.05, 3.63) is 215 Å². The van der Waals surface area contributed by atoms with Crippen LogP contribution in [-0.4, -0.2) is 65.0 Å². The van der Waals surface area contributed by atoms with Crippen molar-refractivity contribution in [1.82, 2.24) is 10.2 Å². The number of nitrogens with one attached hydrogen (secondary N) is 1. The summed E-state index contributed by atoms with van der Waals surface area (Å²) in [7, 11) is 0. The summed E-state index contributed by atoms with van der Waals surface area (Å²) in [5, 5.41) is 12.4. The predicted octanol–water partition coefficient (Wildman–Crippen LogP) is 9.67. The Balaban J connectivity index is 0.00000384. The first-order valence-corrected chi connectivity index (χ1v) is 21.8. The topological polar surface area (TPSA) is 101 Å². The molecule has 0 heterocycles. The molecule has 307 valence electrons. The molecule has 0 atom stereocenters. The molecule has 6 nitrogen and oxygen atoms in total. The molecule has 59 heavy (non-hydrogen) atoms. The fourth-order valence-electron chi connectivity index (χ4n) is 7.58. The second kappa shape index (κ2) is 24.6. The maximum atomic E-state index is 13.7. The number of carbonyl (C=O) groups excluding carboxylic acids is 1. The molecule has 0 aliphatic heterocycles. The van der Waals surface area contributed by atoms with E-state index < -0.39 is 15.5 Å². The van der Waals surface area contributed by atoms with E-state index in [9.17, 15) is 14.7 Å². The van der Waals surface area contributed by atoms with Gasteiger partial charge in [-0.05, 0) is 52.8 Å². The summed E-state index contributed by atoms with van der Waals surface area (Å²) in [5.41, 5.74) is 7.22. The average Bonchev–Trinajstić information content (AvgIpc) is 3.27. The smallest absolute Gasteiger partial charge is 0.303 e. The van der Waals surface area contributed by atoms with Gasteiger partial charge >= 0.3 is 5.97 Å². The molecule has 0 fully saturated rings. The van der Waals surface area contributed by atoms with Crippen molar-refractivity contribution in [1.29, 1.82) is 0 Å². The summed E-state index contributed by atoms with van der Waals surface area (Å²) in [6.45, 7) is 2.23. The van der Waals surface area contributed by atoms with Crippen molar-refractivity contribution in [2.24, 2.45) is 0 Å². The van der Waals surface area contributed by atoms with E-state index >= 15 is 0 Å². The van der Waals surface area contributed by atoms with E-state index in [4.69, 9.17) is 0 Å². The maximum absolute atomic E-state index is 13.7. The van der Waals surface area contributed by atoms with E-state index in [1.54, 1.807) is 0 Å². The van der Waals surface area contributed by atoms with Crippen LogP contribution in [0.2, 0.25) is 0 Å². The molecule has 0 unspecified atom stereocenters. The first-order chi connectivity index (χ1) is 28.0. The third-order valence-corrected chi connectivity index (χ3v) is 13.4. The number of carboxylic acids is 1. The molecule has 4 N–H and O–H groups in total. The molecule has 0 saturated heterocycles. The minimum absolute atomic E-state index is 0. The van der Waals surface area contributed by atoms with E-state index in [0.29, 0.717) is 25.3 Å². The summed E-state index contributed by atoms with van der Waals surface area (Å²) in [6.07, 6.45) is 2.43. The molecule has 1 radical (unpaired) electrons. The number of aliphatic carboxylic acids is 1. The third kappa shape index (κ3) is 12.5. The van der Waals surface area contributed by atoms with Gasteiger partial charge in [-0.3, -0.25) is 14.5 Å². The summed E-state index contributed by atoms with van der Waals surface area (Å²) >= 11 is 3.74. The van der Waals surface area contributed by atoms with Gasteiger partial charge in [-0.25, -0.2) is 0 Å². The summed E-state index contributed by atoms with van der Waals surface area (Å²) in [4.78, 5) is 27.2. The monoisotopic (exact) mass is 909 g/mol. The Morgan fingerprint density at radius 2 is 0.831 bits per heavy atom.